The molecular weight excluding hydrogens is 422 g/mol. The quantitative estimate of drug-likeness (QED) is 0.502. The number of methoxy groups -OCH3 is 1. The standard InChI is InChI=1S/C21H16BrN3O3/c1-27-18-11-13(20-24-17-8-3-2-7-15(17)21(26)25-20)10-16(22)19(18)28-12-14-6-4-5-9-23-14/h2-11H,12H2,1H3,(H,24,25,26). The molecule has 7 heteroatoms. The van der Waals surface area contributed by atoms with Gasteiger partial charge in [-0.2, -0.15) is 0 Å². The maximum Gasteiger partial charge on any atom is 0.259 e. The van der Waals surface area contributed by atoms with Crippen LogP contribution < -0.4 is 15.0 Å². The average molecular weight is 438 g/mol. The number of nitrogens with one attached hydrogen (secondary N) is 1. The van der Waals surface area contributed by atoms with E-state index in [1.807, 2.05) is 42.5 Å². The van der Waals surface area contributed by atoms with Gasteiger partial charge < -0.3 is 14.5 Å². The first-order chi connectivity index (χ1) is 13.7. The van der Waals surface area contributed by atoms with Gasteiger partial charge in [-0.1, -0.05) is 18.2 Å². The van der Waals surface area contributed by atoms with E-state index in [-0.39, 0.29) is 5.56 Å². The molecule has 28 heavy (non-hydrogen) atoms. The number of hydrogen-bond acceptors (Lipinski definition) is 5. The molecule has 0 unspecified atom stereocenters. The number of halogens is 1. The van der Waals surface area contributed by atoms with E-state index in [1.54, 1.807) is 25.4 Å². The number of nitrogens with zero attached hydrogens (tertiary/aromatic N) is 2. The fourth-order valence-corrected chi connectivity index (χ4v) is 3.41. The molecule has 0 fully saturated rings. The number of pyridine rings is 1. The van der Waals surface area contributed by atoms with E-state index in [0.717, 1.165) is 5.69 Å². The van der Waals surface area contributed by atoms with Crippen molar-refractivity contribution in [2.45, 2.75) is 6.61 Å². The zero-order valence-corrected chi connectivity index (χ0v) is 16.6. The van der Waals surface area contributed by atoms with Gasteiger partial charge in [-0.15, -0.1) is 0 Å². The Morgan fingerprint density at radius 3 is 2.71 bits per heavy atom. The van der Waals surface area contributed by atoms with Crippen molar-refractivity contribution >= 4 is 26.8 Å². The van der Waals surface area contributed by atoms with Gasteiger partial charge in [0, 0.05) is 11.8 Å². The third-order valence-corrected chi connectivity index (χ3v) is 4.80. The highest BCUT2D eigenvalue weighted by atomic mass is 79.9. The highest BCUT2D eigenvalue weighted by Gasteiger charge is 2.15. The van der Waals surface area contributed by atoms with Gasteiger partial charge in [-0.25, -0.2) is 4.98 Å². The van der Waals surface area contributed by atoms with E-state index >= 15 is 0 Å². The maximum atomic E-state index is 12.4. The molecule has 2 aromatic carbocycles. The van der Waals surface area contributed by atoms with Gasteiger partial charge in [0.2, 0.25) is 0 Å². The number of H-pyrrole nitrogens is 1. The van der Waals surface area contributed by atoms with Gasteiger partial charge in [0.1, 0.15) is 12.4 Å². The molecule has 0 aliphatic carbocycles. The molecule has 0 aliphatic rings. The van der Waals surface area contributed by atoms with Crippen LogP contribution in [0.3, 0.4) is 0 Å². The van der Waals surface area contributed by atoms with Crippen LogP contribution in [-0.4, -0.2) is 22.1 Å². The summed E-state index contributed by atoms with van der Waals surface area (Å²) < 4.78 is 12.1. The molecule has 0 aliphatic heterocycles. The molecule has 4 aromatic rings. The Morgan fingerprint density at radius 1 is 1.11 bits per heavy atom. The van der Waals surface area contributed by atoms with Crippen LogP contribution in [0.4, 0.5) is 0 Å². The van der Waals surface area contributed by atoms with Crippen molar-refractivity contribution in [2.24, 2.45) is 0 Å². The molecule has 0 amide bonds. The smallest absolute Gasteiger partial charge is 0.259 e. The molecule has 0 saturated heterocycles. The van der Waals surface area contributed by atoms with Crippen LogP contribution in [0.5, 0.6) is 11.5 Å². The monoisotopic (exact) mass is 437 g/mol. The number of hydrogen-bond donors (Lipinski definition) is 1. The van der Waals surface area contributed by atoms with Gasteiger partial charge in [-0.3, -0.25) is 9.78 Å². The van der Waals surface area contributed by atoms with Crippen molar-refractivity contribution < 1.29 is 9.47 Å². The summed E-state index contributed by atoms with van der Waals surface area (Å²) in [5, 5.41) is 0.549. The molecular formula is C21H16BrN3O3. The predicted molar refractivity (Wildman–Crippen MR) is 111 cm³/mol. The minimum Gasteiger partial charge on any atom is -0.493 e. The number of aromatic amines is 1. The fraction of sp³-hybridized carbons (Fsp3) is 0.0952. The summed E-state index contributed by atoms with van der Waals surface area (Å²) in [6.45, 7) is 0.306. The van der Waals surface area contributed by atoms with Crippen molar-refractivity contribution in [3.8, 4) is 22.9 Å². The van der Waals surface area contributed by atoms with Crippen molar-refractivity contribution in [3.63, 3.8) is 0 Å². The lowest BCUT2D eigenvalue weighted by atomic mass is 10.1. The first-order valence-electron chi connectivity index (χ1n) is 8.55. The zero-order valence-electron chi connectivity index (χ0n) is 15.0. The molecule has 4 rings (SSSR count). The molecule has 0 spiro atoms. The molecule has 0 atom stereocenters. The van der Waals surface area contributed by atoms with Crippen LogP contribution in [-0.2, 0) is 6.61 Å². The summed E-state index contributed by atoms with van der Waals surface area (Å²) in [5.41, 5.74) is 1.95. The first kappa shape index (κ1) is 18.2. The normalized spacial score (nSPS) is 10.8. The Kier molecular flexibility index (Phi) is 5.08. The zero-order chi connectivity index (χ0) is 19.5. The summed E-state index contributed by atoms with van der Waals surface area (Å²) in [7, 11) is 1.57. The Bertz CT molecular complexity index is 1190. The van der Waals surface area contributed by atoms with E-state index in [9.17, 15) is 4.79 Å². The predicted octanol–water partition coefficient (Wildman–Crippen LogP) is 4.34. The third kappa shape index (κ3) is 3.61. The summed E-state index contributed by atoms with van der Waals surface area (Å²) in [4.78, 5) is 24.0. The van der Waals surface area contributed by atoms with E-state index < -0.39 is 0 Å². The van der Waals surface area contributed by atoms with Gasteiger partial charge in [0.15, 0.2) is 11.5 Å². The number of benzene rings is 2. The Morgan fingerprint density at radius 2 is 1.93 bits per heavy atom. The summed E-state index contributed by atoms with van der Waals surface area (Å²) in [6, 6.07) is 16.5. The fourth-order valence-electron chi connectivity index (χ4n) is 2.85. The second-order valence-electron chi connectivity index (χ2n) is 6.03. The van der Waals surface area contributed by atoms with Crippen molar-refractivity contribution in [2.75, 3.05) is 7.11 Å². The molecule has 2 aromatic heterocycles. The first-order valence-corrected chi connectivity index (χ1v) is 9.34. The number of aromatic nitrogens is 3. The lowest BCUT2D eigenvalue weighted by Gasteiger charge is -2.14. The average Bonchev–Trinajstić information content (AvgIpc) is 2.73. The summed E-state index contributed by atoms with van der Waals surface area (Å²) in [6.07, 6.45) is 1.72. The maximum absolute atomic E-state index is 12.4. The van der Waals surface area contributed by atoms with Crippen LogP contribution in [0.15, 0.2) is 70.1 Å². The van der Waals surface area contributed by atoms with E-state index in [4.69, 9.17) is 9.47 Å². The Balaban J connectivity index is 1.72. The lowest BCUT2D eigenvalue weighted by molar-refractivity contribution is 0.279. The van der Waals surface area contributed by atoms with Gasteiger partial charge in [0.25, 0.3) is 5.56 Å². The molecule has 0 radical (unpaired) electrons. The third-order valence-electron chi connectivity index (χ3n) is 4.21. The highest BCUT2D eigenvalue weighted by molar-refractivity contribution is 9.10. The number of ether oxygens (including phenoxy) is 2. The van der Waals surface area contributed by atoms with Crippen LogP contribution in [0, 0.1) is 0 Å². The largest absolute Gasteiger partial charge is 0.493 e. The minimum absolute atomic E-state index is 0.189. The Labute approximate surface area is 169 Å². The van der Waals surface area contributed by atoms with Gasteiger partial charge in [-0.05, 0) is 52.3 Å². The second kappa shape index (κ2) is 7.82. The SMILES string of the molecule is COc1cc(-c2nc3ccccc3c(=O)[nH]2)cc(Br)c1OCc1ccccn1. The van der Waals surface area contributed by atoms with E-state index in [0.29, 0.717) is 44.9 Å². The second-order valence-corrected chi connectivity index (χ2v) is 6.89. The molecule has 0 saturated carbocycles. The van der Waals surface area contributed by atoms with Crippen molar-refractivity contribution in [1.82, 2.24) is 15.0 Å². The lowest BCUT2D eigenvalue weighted by Crippen LogP contribution is -2.09. The Hall–Kier alpha value is -3.19. The highest BCUT2D eigenvalue weighted by Crippen LogP contribution is 2.39. The number of para-hydroxylation sites is 1. The number of fused-ring (bicyclic) bond motifs is 1. The van der Waals surface area contributed by atoms with Crippen LogP contribution >= 0.6 is 15.9 Å². The van der Waals surface area contributed by atoms with Crippen LogP contribution in [0.2, 0.25) is 0 Å². The topological polar surface area (TPSA) is 77.1 Å². The van der Waals surface area contributed by atoms with Crippen molar-refractivity contribution in [3.05, 3.63) is 81.3 Å². The summed E-state index contributed by atoms with van der Waals surface area (Å²) in [5.74, 6) is 1.54. The molecule has 2 heterocycles. The van der Waals surface area contributed by atoms with Crippen LogP contribution in [0.1, 0.15) is 5.69 Å². The van der Waals surface area contributed by atoms with Gasteiger partial charge in [0.05, 0.1) is 28.2 Å². The van der Waals surface area contributed by atoms with Crippen LogP contribution in [0.25, 0.3) is 22.3 Å². The molecule has 0 bridgehead atoms. The minimum atomic E-state index is -0.189. The van der Waals surface area contributed by atoms with Crippen molar-refractivity contribution in [1.29, 1.82) is 0 Å². The molecule has 6 nitrogen and oxygen atoms in total. The van der Waals surface area contributed by atoms with Gasteiger partial charge >= 0.3 is 0 Å². The van der Waals surface area contributed by atoms with E-state index in [2.05, 4.69) is 30.9 Å². The molecule has 140 valence electrons. The summed E-state index contributed by atoms with van der Waals surface area (Å²) >= 11 is 3.53. The molecule has 1 N–H and O–H groups in total. The number of rotatable bonds is 5. The van der Waals surface area contributed by atoms with E-state index in [1.165, 1.54) is 0 Å².